The van der Waals surface area contributed by atoms with E-state index in [-0.39, 0.29) is 17.7 Å². The molecule has 0 radical (unpaired) electrons. The summed E-state index contributed by atoms with van der Waals surface area (Å²) < 4.78 is 6.18. The largest absolute Gasteiger partial charge is 0.465 e. The number of halogens is 1. The second kappa shape index (κ2) is 8.67. The number of carbonyl (C=O) groups is 2. The van der Waals surface area contributed by atoms with Crippen LogP contribution in [0.3, 0.4) is 0 Å². The molecule has 0 bridgehead atoms. The Bertz CT molecular complexity index is 1160. The van der Waals surface area contributed by atoms with E-state index in [1.807, 2.05) is 12.1 Å². The average molecular weight is 432 g/mol. The molecule has 0 aliphatic carbocycles. The van der Waals surface area contributed by atoms with Crippen LogP contribution in [0.1, 0.15) is 22.8 Å². The molecule has 2 N–H and O–H groups in total. The predicted molar refractivity (Wildman–Crippen MR) is 112 cm³/mol. The van der Waals surface area contributed by atoms with Gasteiger partial charge in [-0.3, -0.25) is 14.2 Å². The van der Waals surface area contributed by atoms with Gasteiger partial charge in [0, 0.05) is 5.02 Å². The summed E-state index contributed by atoms with van der Waals surface area (Å²) >= 11 is 7.33. The Morgan fingerprint density at radius 1 is 1.28 bits per heavy atom. The third kappa shape index (κ3) is 4.44. The highest BCUT2D eigenvalue weighted by atomic mass is 35.5. The van der Waals surface area contributed by atoms with E-state index in [0.29, 0.717) is 21.1 Å². The molecule has 1 atom stereocenters. The number of rotatable bonds is 6. The second-order valence-corrected chi connectivity index (χ2v) is 7.98. The Kier molecular flexibility index (Phi) is 6.24. The van der Waals surface area contributed by atoms with Crippen molar-refractivity contribution in [3.05, 3.63) is 69.0 Å². The lowest BCUT2D eigenvalue weighted by atomic mass is 10.1. The van der Waals surface area contributed by atoms with Crippen LogP contribution in [0.4, 0.5) is 0 Å². The summed E-state index contributed by atoms with van der Waals surface area (Å²) in [5.41, 5.74) is 6.40. The number of thioether (sulfide) groups is 1. The van der Waals surface area contributed by atoms with Gasteiger partial charge in [0.05, 0.1) is 35.4 Å². The summed E-state index contributed by atoms with van der Waals surface area (Å²) in [6, 6.07) is 11.7. The Balaban J connectivity index is 2.19. The van der Waals surface area contributed by atoms with Crippen LogP contribution in [0.15, 0.2) is 52.4 Å². The molecule has 0 unspecified atom stereocenters. The van der Waals surface area contributed by atoms with Crippen molar-refractivity contribution in [3.63, 3.8) is 0 Å². The van der Waals surface area contributed by atoms with Crippen LogP contribution in [-0.4, -0.2) is 33.8 Å². The first-order valence-electron chi connectivity index (χ1n) is 8.64. The molecule has 0 saturated carbocycles. The summed E-state index contributed by atoms with van der Waals surface area (Å²) in [4.78, 5) is 41.1. The third-order valence-corrected chi connectivity index (χ3v) is 5.79. The van der Waals surface area contributed by atoms with Gasteiger partial charge in [-0.2, -0.15) is 0 Å². The maximum Gasteiger partial charge on any atom is 0.337 e. The first-order chi connectivity index (χ1) is 13.8. The smallest absolute Gasteiger partial charge is 0.337 e. The van der Waals surface area contributed by atoms with E-state index >= 15 is 0 Å². The molecule has 2 aromatic carbocycles. The van der Waals surface area contributed by atoms with E-state index in [1.165, 1.54) is 29.9 Å². The Hall–Kier alpha value is -2.84. The molecule has 1 heterocycles. The first-order valence-corrected chi connectivity index (χ1v) is 9.90. The van der Waals surface area contributed by atoms with Crippen molar-refractivity contribution >= 4 is 46.1 Å². The minimum atomic E-state index is -0.611. The summed E-state index contributed by atoms with van der Waals surface area (Å²) in [5.74, 6) is -1.06. The van der Waals surface area contributed by atoms with Crippen molar-refractivity contribution in [3.8, 4) is 0 Å². The van der Waals surface area contributed by atoms with Gasteiger partial charge in [-0.15, -0.1) is 0 Å². The Morgan fingerprint density at radius 3 is 2.66 bits per heavy atom. The summed E-state index contributed by atoms with van der Waals surface area (Å²) in [6.45, 7) is 1.81. The average Bonchev–Trinajstić information content (AvgIpc) is 2.71. The lowest BCUT2D eigenvalue weighted by Gasteiger charge is -2.16. The standard InChI is InChI=1S/C20H18ClN3O4S/c1-11(17(22)25)29-20-23-16-9-12(19(27)28-2)7-8-14(16)18(26)24(20)10-13-5-3-4-6-15(13)21/h3-9,11H,10H2,1-2H3,(H2,22,25)/t11-/m1/s1. The molecule has 3 aromatic rings. The van der Waals surface area contributed by atoms with Crippen LogP contribution in [0.5, 0.6) is 0 Å². The van der Waals surface area contributed by atoms with Gasteiger partial charge in [-0.25, -0.2) is 9.78 Å². The third-order valence-electron chi connectivity index (χ3n) is 4.31. The number of nitrogens with two attached hydrogens (primary N) is 1. The van der Waals surface area contributed by atoms with Crippen LogP contribution in [0, 0.1) is 0 Å². The normalized spacial score (nSPS) is 12.0. The van der Waals surface area contributed by atoms with Crippen molar-refractivity contribution in [2.24, 2.45) is 5.73 Å². The van der Waals surface area contributed by atoms with E-state index in [0.717, 1.165) is 17.3 Å². The fourth-order valence-corrected chi connectivity index (χ4v) is 3.74. The van der Waals surface area contributed by atoms with Crippen LogP contribution < -0.4 is 11.3 Å². The zero-order valence-corrected chi connectivity index (χ0v) is 17.3. The molecule has 0 saturated heterocycles. The van der Waals surface area contributed by atoms with Crippen LogP contribution >= 0.6 is 23.4 Å². The molecule has 7 nitrogen and oxygen atoms in total. The molecule has 3 rings (SSSR count). The van der Waals surface area contributed by atoms with Gasteiger partial charge in [-0.1, -0.05) is 41.6 Å². The lowest BCUT2D eigenvalue weighted by molar-refractivity contribution is -0.117. The number of benzene rings is 2. The number of methoxy groups -OCH3 is 1. The number of hydrogen-bond donors (Lipinski definition) is 1. The van der Waals surface area contributed by atoms with Crippen LogP contribution in [0.2, 0.25) is 5.02 Å². The zero-order valence-electron chi connectivity index (χ0n) is 15.7. The first kappa shape index (κ1) is 20.9. The molecule has 0 aliphatic rings. The van der Waals surface area contributed by atoms with Gasteiger partial charge in [-0.05, 0) is 36.8 Å². The van der Waals surface area contributed by atoms with Crippen molar-refractivity contribution in [2.45, 2.75) is 23.9 Å². The second-order valence-electron chi connectivity index (χ2n) is 6.26. The van der Waals surface area contributed by atoms with Crippen molar-refractivity contribution in [1.29, 1.82) is 0 Å². The number of nitrogens with zero attached hydrogens (tertiary/aromatic N) is 2. The molecule has 1 aromatic heterocycles. The molecular formula is C20H18ClN3O4S. The molecule has 9 heteroatoms. The van der Waals surface area contributed by atoms with E-state index in [2.05, 4.69) is 4.98 Å². The molecule has 1 amide bonds. The number of hydrogen-bond acceptors (Lipinski definition) is 6. The SMILES string of the molecule is COC(=O)c1ccc2c(=O)n(Cc3ccccc3Cl)c(S[C@H](C)C(N)=O)nc2c1. The van der Waals surface area contributed by atoms with Gasteiger partial charge in [0.1, 0.15) is 0 Å². The zero-order chi connectivity index (χ0) is 21.1. The predicted octanol–water partition coefficient (Wildman–Crippen LogP) is 2.85. The molecule has 150 valence electrons. The number of carbonyl (C=O) groups excluding carboxylic acids is 2. The highest BCUT2D eigenvalue weighted by molar-refractivity contribution is 8.00. The fourth-order valence-electron chi connectivity index (χ4n) is 2.69. The van der Waals surface area contributed by atoms with E-state index in [4.69, 9.17) is 22.1 Å². The van der Waals surface area contributed by atoms with Crippen molar-refractivity contribution < 1.29 is 14.3 Å². The van der Waals surface area contributed by atoms with Gasteiger partial charge in [0.15, 0.2) is 5.16 Å². The maximum atomic E-state index is 13.2. The monoisotopic (exact) mass is 431 g/mol. The van der Waals surface area contributed by atoms with E-state index in [1.54, 1.807) is 19.1 Å². The number of esters is 1. The number of amides is 1. The van der Waals surface area contributed by atoms with Crippen molar-refractivity contribution in [2.75, 3.05) is 7.11 Å². The molecule has 0 aliphatic heterocycles. The summed E-state index contributed by atoms with van der Waals surface area (Å²) in [5, 5.41) is 0.539. The number of ether oxygens (including phenoxy) is 1. The quantitative estimate of drug-likeness (QED) is 0.365. The van der Waals surface area contributed by atoms with Gasteiger partial charge < -0.3 is 10.5 Å². The van der Waals surface area contributed by atoms with Gasteiger partial charge >= 0.3 is 5.97 Å². The number of aromatic nitrogens is 2. The van der Waals surface area contributed by atoms with Crippen molar-refractivity contribution in [1.82, 2.24) is 9.55 Å². The van der Waals surface area contributed by atoms with Crippen LogP contribution in [0.25, 0.3) is 10.9 Å². The molecule has 0 spiro atoms. The Labute approximate surface area is 175 Å². The highest BCUT2D eigenvalue weighted by Crippen LogP contribution is 2.25. The van der Waals surface area contributed by atoms with E-state index in [9.17, 15) is 14.4 Å². The fraction of sp³-hybridized carbons (Fsp3) is 0.200. The van der Waals surface area contributed by atoms with Gasteiger partial charge in [0.2, 0.25) is 5.91 Å². The van der Waals surface area contributed by atoms with Gasteiger partial charge in [0.25, 0.3) is 5.56 Å². The maximum absolute atomic E-state index is 13.2. The molecule has 29 heavy (non-hydrogen) atoms. The Morgan fingerprint density at radius 2 is 2.00 bits per heavy atom. The molecular weight excluding hydrogens is 414 g/mol. The highest BCUT2D eigenvalue weighted by Gasteiger charge is 2.19. The number of primary amides is 1. The minimum Gasteiger partial charge on any atom is -0.465 e. The van der Waals surface area contributed by atoms with E-state index < -0.39 is 17.1 Å². The topological polar surface area (TPSA) is 104 Å². The van der Waals surface area contributed by atoms with Crippen LogP contribution in [-0.2, 0) is 16.1 Å². The molecule has 0 fully saturated rings. The lowest BCUT2D eigenvalue weighted by Crippen LogP contribution is -2.27. The number of fused-ring (bicyclic) bond motifs is 1. The summed E-state index contributed by atoms with van der Waals surface area (Å²) in [6.07, 6.45) is 0. The minimum absolute atomic E-state index is 0.175. The summed E-state index contributed by atoms with van der Waals surface area (Å²) in [7, 11) is 1.28.